The zero-order chi connectivity index (χ0) is 15.3. The Labute approximate surface area is 124 Å². The molecule has 6 nitrogen and oxygen atoms in total. The number of nitrogens with zero attached hydrogens (tertiary/aromatic N) is 2. The monoisotopic (exact) mass is 306 g/mol. The lowest BCUT2D eigenvalue weighted by molar-refractivity contribution is 0.577. The first-order valence-electron chi connectivity index (χ1n) is 6.52. The van der Waals surface area contributed by atoms with Crippen molar-refractivity contribution in [3.8, 4) is 0 Å². The molecular formula is C14H18N4O2S. The van der Waals surface area contributed by atoms with Crippen molar-refractivity contribution in [1.82, 2.24) is 20.0 Å². The van der Waals surface area contributed by atoms with E-state index in [9.17, 15) is 8.42 Å². The van der Waals surface area contributed by atoms with Crippen molar-refractivity contribution in [3.05, 3.63) is 53.5 Å². The third kappa shape index (κ3) is 4.32. The minimum absolute atomic E-state index is 0.0161. The van der Waals surface area contributed by atoms with E-state index in [4.69, 9.17) is 0 Å². The Morgan fingerprint density at radius 3 is 2.24 bits per heavy atom. The molecule has 2 N–H and O–H groups in total. The molecule has 0 radical (unpaired) electrons. The van der Waals surface area contributed by atoms with E-state index in [1.54, 1.807) is 18.5 Å². The van der Waals surface area contributed by atoms with Gasteiger partial charge in [0.1, 0.15) is 0 Å². The molecule has 2 heterocycles. The molecule has 0 saturated carbocycles. The van der Waals surface area contributed by atoms with E-state index in [0.717, 1.165) is 16.8 Å². The van der Waals surface area contributed by atoms with E-state index in [2.05, 4.69) is 20.0 Å². The lowest BCUT2D eigenvalue weighted by Gasteiger charge is -2.07. The van der Waals surface area contributed by atoms with Crippen LogP contribution in [0, 0.1) is 6.92 Å². The summed E-state index contributed by atoms with van der Waals surface area (Å²) >= 11 is 0. The highest BCUT2D eigenvalue weighted by molar-refractivity contribution is 7.89. The standard InChI is InChI=1S/C14H18N4O2S/c1-11-3-4-13(8-16-11)10-18-21(19,20)14-6-5-12(7-15-2)9-17-14/h3-6,8-9,15,18H,7,10H2,1-2H3. The molecule has 0 unspecified atom stereocenters. The molecule has 0 aliphatic rings. The van der Waals surface area contributed by atoms with Gasteiger partial charge >= 0.3 is 0 Å². The summed E-state index contributed by atoms with van der Waals surface area (Å²) in [6, 6.07) is 6.93. The summed E-state index contributed by atoms with van der Waals surface area (Å²) < 4.78 is 26.8. The lowest BCUT2D eigenvalue weighted by atomic mass is 10.2. The van der Waals surface area contributed by atoms with Gasteiger partial charge in [-0.05, 0) is 37.2 Å². The molecule has 0 atom stereocenters. The SMILES string of the molecule is CNCc1ccc(S(=O)(=O)NCc2ccc(C)nc2)nc1. The highest BCUT2D eigenvalue weighted by atomic mass is 32.2. The van der Waals surface area contributed by atoms with Gasteiger partial charge in [0.15, 0.2) is 5.03 Å². The van der Waals surface area contributed by atoms with Gasteiger partial charge in [0.25, 0.3) is 10.0 Å². The van der Waals surface area contributed by atoms with Crippen LogP contribution in [-0.4, -0.2) is 25.4 Å². The second-order valence-electron chi connectivity index (χ2n) is 4.67. The van der Waals surface area contributed by atoms with Gasteiger partial charge in [0, 0.05) is 31.2 Å². The molecule has 0 aliphatic carbocycles. The average Bonchev–Trinajstić information content (AvgIpc) is 2.48. The molecule has 21 heavy (non-hydrogen) atoms. The van der Waals surface area contributed by atoms with E-state index in [1.807, 2.05) is 26.1 Å². The van der Waals surface area contributed by atoms with E-state index in [-0.39, 0.29) is 11.6 Å². The van der Waals surface area contributed by atoms with Crippen LogP contribution in [0.5, 0.6) is 0 Å². The van der Waals surface area contributed by atoms with Gasteiger partial charge in [-0.2, -0.15) is 0 Å². The number of hydrogen-bond acceptors (Lipinski definition) is 5. The molecule has 0 bridgehead atoms. The highest BCUT2D eigenvalue weighted by Crippen LogP contribution is 2.08. The Kier molecular flexibility index (Phi) is 5.00. The van der Waals surface area contributed by atoms with Crippen LogP contribution in [0.15, 0.2) is 41.7 Å². The van der Waals surface area contributed by atoms with Crippen molar-refractivity contribution in [2.24, 2.45) is 0 Å². The predicted molar refractivity (Wildman–Crippen MR) is 80.0 cm³/mol. The molecule has 0 saturated heterocycles. The summed E-state index contributed by atoms with van der Waals surface area (Å²) in [5, 5.41) is 3.00. The van der Waals surface area contributed by atoms with Crippen molar-refractivity contribution in [2.75, 3.05) is 7.05 Å². The summed E-state index contributed by atoms with van der Waals surface area (Å²) in [5.74, 6) is 0. The molecular weight excluding hydrogens is 288 g/mol. The maximum absolute atomic E-state index is 12.1. The maximum Gasteiger partial charge on any atom is 0.258 e. The predicted octanol–water partition coefficient (Wildman–Crippen LogP) is 0.983. The summed E-state index contributed by atoms with van der Waals surface area (Å²) in [7, 11) is -1.79. The van der Waals surface area contributed by atoms with Crippen LogP contribution in [0.2, 0.25) is 0 Å². The minimum Gasteiger partial charge on any atom is -0.316 e. The quantitative estimate of drug-likeness (QED) is 0.831. The summed E-state index contributed by atoms with van der Waals surface area (Å²) in [4.78, 5) is 8.12. The summed E-state index contributed by atoms with van der Waals surface area (Å²) in [5.41, 5.74) is 2.62. The number of sulfonamides is 1. The van der Waals surface area contributed by atoms with Crippen LogP contribution >= 0.6 is 0 Å². The number of hydrogen-bond donors (Lipinski definition) is 2. The fourth-order valence-corrected chi connectivity index (χ4v) is 2.68. The first-order valence-corrected chi connectivity index (χ1v) is 8.00. The van der Waals surface area contributed by atoms with E-state index < -0.39 is 10.0 Å². The van der Waals surface area contributed by atoms with Crippen LogP contribution in [-0.2, 0) is 23.1 Å². The van der Waals surface area contributed by atoms with Crippen molar-refractivity contribution >= 4 is 10.0 Å². The fraction of sp³-hybridized carbons (Fsp3) is 0.286. The van der Waals surface area contributed by atoms with Crippen molar-refractivity contribution in [3.63, 3.8) is 0 Å². The Balaban J connectivity index is 2.05. The number of pyridine rings is 2. The molecule has 2 aromatic rings. The number of nitrogens with one attached hydrogen (secondary N) is 2. The molecule has 0 amide bonds. The summed E-state index contributed by atoms with van der Waals surface area (Å²) in [6.45, 7) is 2.72. The molecule has 7 heteroatoms. The van der Waals surface area contributed by atoms with Gasteiger partial charge in [0.05, 0.1) is 0 Å². The van der Waals surface area contributed by atoms with Gasteiger partial charge in [-0.3, -0.25) is 4.98 Å². The maximum atomic E-state index is 12.1. The topological polar surface area (TPSA) is 84.0 Å². The Bertz CT molecular complexity index is 682. The first kappa shape index (κ1) is 15.6. The largest absolute Gasteiger partial charge is 0.316 e. The fourth-order valence-electron chi connectivity index (χ4n) is 1.73. The van der Waals surface area contributed by atoms with Crippen LogP contribution in [0.4, 0.5) is 0 Å². The zero-order valence-electron chi connectivity index (χ0n) is 12.0. The molecule has 0 aromatic carbocycles. The lowest BCUT2D eigenvalue weighted by Crippen LogP contribution is -2.24. The molecule has 2 aromatic heterocycles. The number of rotatable bonds is 6. The smallest absolute Gasteiger partial charge is 0.258 e. The second kappa shape index (κ2) is 6.75. The van der Waals surface area contributed by atoms with Gasteiger partial charge in [0.2, 0.25) is 0 Å². The minimum atomic E-state index is -3.61. The normalized spacial score (nSPS) is 11.5. The van der Waals surface area contributed by atoms with E-state index >= 15 is 0 Å². The molecule has 0 spiro atoms. The van der Waals surface area contributed by atoms with Crippen LogP contribution in [0.1, 0.15) is 16.8 Å². The van der Waals surface area contributed by atoms with Gasteiger partial charge in [-0.1, -0.05) is 12.1 Å². The molecule has 2 rings (SSSR count). The molecule has 0 fully saturated rings. The van der Waals surface area contributed by atoms with Crippen LogP contribution in [0.3, 0.4) is 0 Å². The third-order valence-electron chi connectivity index (χ3n) is 2.89. The highest BCUT2D eigenvalue weighted by Gasteiger charge is 2.15. The van der Waals surface area contributed by atoms with Gasteiger partial charge in [-0.25, -0.2) is 18.1 Å². The second-order valence-corrected chi connectivity index (χ2v) is 6.38. The first-order chi connectivity index (χ1) is 10.0. The van der Waals surface area contributed by atoms with E-state index in [0.29, 0.717) is 6.54 Å². The third-order valence-corrected chi connectivity index (χ3v) is 4.21. The zero-order valence-corrected chi connectivity index (χ0v) is 12.8. The van der Waals surface area contributed by atoms with Crippen molar-refractivity contribution in [1.29, 1.82) is 0 Å². The molecule has 112 valence electrons. The Hall–Kier alpha value is -1.83. The van der Waals surface area contributed by atoms with Crippen LogP contribution < -0.4 is 10.0 Å². The molecule has 0 aliphatic heterocycles. The van der Waals surface area contributed by atoms with Gasteiger partial charge < -0.3 is 5.32 Å². The van der Waals surface area contributed by atoms with Crippen molar-refractivity contribution < 1.29 is 8.42 Å². The number of aromatic nitrogens is 2. The average molecular weight is 306 g/mol. The number of aryl methyl sites for hydroxylation is 1. The van der Waals surface area contributed by atoms with Crippen molar-refractivity contribution in [2.45, 2.75) is 25.0 Å². The summed E-state index contributed by atoms with van der Waals surface area (Å²) in [6.07, 6.45) is 3.21. The van der Waals surface area contributed by atoms with E-state index in [1.165, 1.54) is 6.07 Å². The Morgan fingerprint density at radius 2 is 1.67 bits per heavy atom. The Morgan fingerprint density at radius 1 is 1.00 bits per heavy atom. The van der Waals surface area contributed by atoms with Gasteiger partial charge in [-0.15, -0.1) is 0 Å². The van der Waals surface area contributed by atoms with Crippen LogP contribution in [0.25, 0.3) is 0 Å².